The van der Waals surface area contributed by atoms with Gasteiger partial charge >= 0.3 is 0 Å². The number of ether oxygens (including phenoxy) is 1. The van der Waals surface area contributed by atoms with Gasteiger partial charge in [0.15, 0.2) is 0 Å². The van der Waals surface area contributed by atoms with Crippen molar-refractivity contribution in [2.75, 3.05) is 6.54 Å². The highest BCUT2D eigenvalue weighted by atomic mass is 16.5. The number of carbonyl (C=O) groups is 2. The second kappa shape index (κ2) is 12.8. The molecule has 0 aromatic rings. The molecule has 3 fully saturated rings. The SMILES string of the molecule is CCCCCCCCCCCCCCCCCCN1C(=O)[C@@H]2[C@@H](C1=O)[C@@H]1CC[C@@H]2O1. The minimum atomic E-state index is -0.155. The Morgan fingerprint density at radius 1 is 0.633 bits per heavy atom. The van der Waals surface area contributed by atoms with Crippen molar-refractivity contribution in [2.24, 2.45) is 11.8 Å². The number of hydrogen-bond donors (Lipinski definition) is 0. The van der Waals surface area contributed by atoms with Crippen LogP contribution < -0.4 is 0 Å². The first-order chi connectivity index (χ1) is 14.7. The van der Waals surface area contributed by atoms with Gasteiger partial charge in [-0.2, -0.15) is 0 Å². The lowest BCUT2D eigenvalue weighted by Gasteiger charge is -2.17. The lowest BCUT2D eigenvalue weighted by atomic mass is 9.81. The molecule has 3 aliphatic rings. The van der Waals surface area contributed by atoms with E-state index >= 15 is 0 Å². The summed E-state index contributed by atoms with van der Waals surface area (Å²) in [6, 6.07) is 0. The number of likely N-dealkylation sites (tertiary alicyclic amines) is 1. The first kappa shape index (κ1) is 23.8. The van der Waals surface area contributed by atoms with Gasteiger partial charge in [0.1, 0.15) is 0 Å². The van der Waals surface area contributed by atoms with Gasteiger partial charge in [0.25, 0.3) is 0 Å². The topological polar surface area (TPSA) is 46.6 Å². The van der Waals surface area contributed by atoms with Crippen LogP contribution in [-0.2, 0) is 14.3 Å². The summed E-state index contributed by atoms with van der Waals surface area (Å²) in [5.74, 6) is -0.203. The van der Waals surface area contributed by atoms with Crippen LogP contribution >= 0.6 is 0 Å². The van der Waals surface area contributed by atoms with E-state index in [0.717, 1.165) is 25.7 Å². The zero-order chi connectivity index (χ0) is 21.2. The number of amides is 2. The molecule has 4 nitrogen and oxygen atoms in total. The number of imide groups is 1. The van der Waals surface area contributed by atoms with E-state index in [1.54, 1.807) is 4.90 Å². The van der Waals surface area contributed by atoms with Crippen molar-refractivity contribution in [3.63, 3.8) is 0 Å². The molecule has 172 valence electrons. The van der Waals surface area contributed by atoms with Crippen LogP contribution in [0.3, 0.4) is 0 Å². The molecule has 2 bridgehead atoms. The average Bonchev–Trinajstić information content (AvgIpc) is 3.43. The van der Waals surface area contributed by atoms with Crippen LogP contribution in [-0.4, -0.2) is 35.5 Å². The molecule has 0 aromatic heterocycles. The van der Waals surface area contributed by atoms with E-state index in [9.17, 15) is 9.59 Å². The predicted molar refractivity (Wildman–Crippen MR) is 121 cm³/mol. The van der Waals surface area contributed by atoms with Crippen LogP contribution in [0.15, 0.2) is 0 Å². The lowest BCUT2D eigenvalue weighted by molar-refractivity contribution is -0.142. The molecule has 0 unspecified atom stereocenters. The fraction of sp³-hybridized carbons (Fsp3) is 0.923. The van der Waals surface area contributed by atoms with Crippen molar-refractivity contribution in [3.8, 4) is 0 Å². The third-order valence-electron chi connectivity index (χ3n) is 7.61. The molecule has 0 N–H and O–H groups in total. The molecule has 3 rings (SSSR count). The fourth-order valence-electron chi connectivity index (χ4n) is 5.81. The van der Waals surface area contributed by atoms with Crippen molar-refractivity contribution >= 4 is 11.8 Å². The van der Waals surface area contributed by atoms with Crippen LogP contribution in [0, 0.1) is 11.8 Å². The number of rotatable bonds is 17. The van der Waals surface area contributed by atoms with E-state index in [1.807, 2.05) is 0 Å². The fourth-order valence-corrected chi connectivity index (χ4v) is 5.81. The summed E-state index contributed by atoms with van der Waals surface area (Å²) in [6.45, 7) is 2.91. The van der Waals surface area contributed by atoms with E-state index in [1.165, 1.54) is 89.9 Å². The molecule has 30 heavy (non-hydrogen) atoms. The Balaban J connectivity index is 1.11. The highest BCUT2D eigenvalue weighted by molar-refractivity contribution is 6.06. The van der Waals surface area contributed by atoms with Crippen molar-refractivity contribution < 1.29 is 14.3 Å². The first-order valence-corrected chi connectivity index (χ1v) is 13.2. The lowest BCUT2D eigenvalue weighted by Crippen LogP contribution is -2.35. The van der Waals surface area contributed by atoms with Crippen LogP contribution in [0.5, 0.6) is 0 Å². The Labute approximate surface area is 184 Å². The van der Waals surface area contributed by atoms with Crippen LogP contribution in [0.1, 0.15) is 122 Å². The molecule has 0 spiro atoms. The zero-order valence-electron chi connectivity index (χ0n) is 19.4. The molecule has 4 atom stereocenters. The minimum absolute atomic E-state index is 0.0206. The number of carbonyl (C=O) groups excluding carboxylic acids is 2. The second-order valence-electron chi connectivity index (χ2n) is 9.97. The van der Waals surface area contributed by atoms with Gasteiger partial charge in [-0.1, -0.05) is 103 Å². The van der Waals surface area contributed by atoms with Gasteiger partial charge in [-0.05, 0) is 19.3 Å². The number of hydrogen-bond acceptors (Lipinski definition) is 3. The zero-order valence-corrected chi connectivity index (χ0v) is 19.4. The molecule has 2 amide bonds. The van der Waals surface area contributed by atoms with Gasteiger partial charge in [-0.15, -0.1) is 0 Å². The van der Waals surface area contributed by atoms with Crippen LogP contribution in [0.25, 0.3) is 0 Å². The molecule has 0 saturated carbocycles. The van der Waals surface area contributed by atoms with Gasteiger partial charge in [-0.25, -0.2) is 0 Å². The Bertz CT molecular complexity index is 506. The molecular weight excluding hydrogens is 374 g/mol. The molecule has 4 heteroatoms. The van der Waals surface area contributed by atoms with Crippen LogP contribution in [0.2, 0.25) is 0 Å². The molecule has 3 heterocycles. The molecule has 3 aliphatic heterocycles. The molecular formula is C26H45NO3. The van der Waals surface area contributed by atoms with E-state index in [-0.39, 0.29) is 35.9 Å². The highest BCUT2D eigenvalue weighted by Crippen LogP contribution is 2.48. The second-order valence-corrected chi connectivity index (χ2v) is 9.97. The molecule has 3 saturated heterocycles. The van der Waals surface area contributed by atoms with E-state index in [2.05, 4.69) is 6.92 Å². The Hall–Kier alpha value is -0.900. The summed E-state index contributed by atoms with van der Waals surface area (Å²) in [5, 5.41) is 0. The quantitative estimate of drug-likeness (QED) is 0.202. The largest absolute Gasteiger partial charge is 0.373 e. The Morgan fingerprint density at radius 2 is 1.00 bits per heavy atom. The number of nitrogens with zero attached hydrogens (tertiary/aromatic N) is 1. The standard InChI is InChI=1S/C26H45NO3/c1-2-3-4-5-6-7-8-9-10-11-12-13-14-15-16-17-20-27-25(28)23-21-18-19-22(30-21)24(23)26(27)29/h21-24H,2-20H2,1H3/t21-,22-,23-,24-/m0/s1. The predicted octanol–water partition coefficient (Wildman–Crippen LogP) is 6.41. The maximum Gasteiger partial charge on any atom is 0.235 e. The first-order valence-electron chi connectivity index (χ1n) is 13.2. The van der Waals surface area contributed by atoms with Crippen LogP contribution in [0.4, 0.5) is 0 Å². The van der Waals surface area contributed by atoms with Gasteiger partial charge < -0.3 is 4.74 Å². The molecule has 0 aliphatic carbocycles. The van der Waals surface area contributed by atoms with Crippen molar-refractivity contribution in [1.82, 2.24) is 4.90 Å². The maximum absolute atomic E-state index is 12.6. The minimum Gasteiger partial charge on any atom is -0.373 e. The third kappa shape index (κ3) is 6.31. The third-order valence-corrected chi connectivity index (χ3v) is 7.61. The van der Waals surface area contributed by atoms with Crippen molar-refractivity contribution in [1.29, 1.82) is 0 Å². The summed E-state index contributed by atoms with van der Waals surface area (Å²) in [4.78, 5) is 26.8. The summed E-state index contributed by atoms with van der Waals surface area (Å²) in [5.41, 5.74) is 0. The van der Waals surface area contributed by atoms with Crippen molar-refractivity contribution in [2.45, 2.75) is 135 Å². The summed E-state index contributed by atoms with van der Waals surface area (Å²) in [6.07, 6.45) is 23.4. The summed E-state index contributed by atoms with van der Waals surface area (Å²) < 4.78 is 5.80. The van der Waals surface area contributed by atoms with Gasteiger partial charge in [-0.3, -0.25) is 14.5 Å². The summed E-state index contributed by atoms with van der Waals surface area (Å²) >= 11 is 0. The Kier molecular flexibility index (Phi) is 10.2. The smallest absolute Gasteiger partial charge is 0.235 e. The Morgan fingerprint density at radius 3 is 1.40 bits per heavy atom. The van der Waals surface area contributed by atoms with Gasteiger partial charge in [0, 0.05) is 6.54 Å². The normalized spacial score (nSPS) is 27.4. The number of fused-ring (bicyclic) bond motifs is 5. The molecule has 0 aromatic carbocycles. The monoisotopic (exact) mass is 419 g/mol. The van der Waals surface area contributed by atoms with E-state index in [0.29, 0.717) is 6.54 Å². The van der Waals surface area contributed by atoms with Crippen molar-refractivity contribution in [3.05, 3.63) is 0 Å². The number of unbranched alkanes of at least 4 members (excludes halogenated alkanes) is 15. The van der Waals surface area contributed by atoms with E-state index in [4.69, 9.17) is 4.74 Å². The van der Waals surface area contributed by atoms with E-state index < -0.39 is 0 Å². The summed E-state index contributed by atoms with van der Waals surface area (Å²) in [7, 11) is 0. The van der Waals surface area contributed by atoms with Gasteiger partial charge in [0.2, 0.25) is 11.8 Å². The highest BCUT2D eigenvalue weighted by Gasteiger charge is 2.62. The maximum atomic E-state index is 12.6. The molecule has 0 radical (unpaired) electrons. The van der Waals surface area contributed by atoms with Gasteiger partial charge in [0.05, 0.1) is 24.0 Å². The average molecular weight is 420 g/mol.